The maximum Gasteiger partial charge on any atom is 0.336 e. The number of benzene rings is 2. The Labute approximate surface area is 208 Å². The predicted molar refractivity (Wildman–Crippen MR) is 131 cm³/mol. The van der Waals surface area contributed by atoms with Gasteiger partial charge in [-0.05, 0) is 12.5 Å². The van der Waals surface area contributed by atoms with Crippen LogP contribution >= 0.6 is 22.9 Å². The standard InChI is InChI=1S/C24H19ClFN3O5S/c1-3-15-17(24(31)34-2)16(13-8-5-9-14(25)19(13)26)18-20(27)22(35-23(18)28-15)21(30)11-6-4-7-12(10-11)29(32)33/h4-10,16,28H,3,27H2,1-2H3/t16-/m0/s1. The van der Waals surface area contributed by atoms with Crippen molar-refractivity contribution in [2.24, 2.45) is 0 Å². The van der Waals surface area contributed by atoms with Crippen molar-refractivity contribution < 1.29 is 23.6 Å². The van der Waals surface area contributed by atoms with Gasteiger partial charge in [-0.3, -0.25) is 14.9 Å². The number of allylic oxidation sites excluding steroid dienone is 1. The highest BCUT2D eigenvalue weighted by Crippen LogP contribution is 2.51. The molecule has 0 amide bonds. The van der Waals surface area contributed by atoms with E-state index in [4.69, 9.17) is 22.1 Å². The number of nitrogens with zero attached hydrogens (tertiary/aromatic N) is 1. The van der Waals surface area contributed by atoms with E-state index in [-0.39, 0.29) is 38.0 Å². The first-order chi connectivity index (χ1) is 16.7. The zero-order chi connectivity index (χ0) is 25.4. The molecule has 0 aliphatic carbocycles. The van der Waals surface area contributed by atoms with Gasteiger partial charge >= 0.3 is 5.97 Å². The van der Waals surface area contributed by atoms with Crippen LogP contribution < -0.4 is 11.1 Å². The molecule has 8 nitrogen and oxygen atoms in total. The molecule has 35 heavy (non-hydrogen) atoms. The summed E-state index contributed by atoms with van der Waals surface area (Å²) in [5.41, 5.74) is 7.41. The number of thiophene rings is 1. The van der Waals surface area contributed by atoms with Gasteiger partial charge in [0.05, 0.1) is 39.2 Å². The van der Waals surface area contributed by atoms with Crippen molar-refractivity contribution in [3.63, 3.8) is 0 Å². The number of fused-ring (bicyclic) bond motifs is 1. The van der Waals surface area contributed by atoms with Crippen LogP contribution in [0.3, 0.4) is 0 Å². The molecule has 0 spiro atoms. The Balaban J connectivity index is 1.94. The van der Waals surface area contributed by atoms with Crippen molar-refractivity contribution in [3.05, 3.63) is 96.3 Å². The third-order valence-corrected chi connectivity index (χ3v) is 7.15. The van der Waals surface area contributed by atoms with Gasteiger partial charge in [0, 0.05) is 34.5 Å². The van der Waals surface area contributed by atoms with Gasteiger partial charge in [0.15, 0.2) is 0 Å². The molecule has 180 valence electrons. The van der Waals surface area contributed by atoms with E-state index in [0.29, 0.717) is 22.7 Å². The van der Waals surface area contributed by atoms with Crippen LogP contribution in [-0.2, 0) is 9.53 Å². The van der Waals surface area contributed by atoms with E-state index in [1.165, 1.54) is 37.4 Å². The zero-order valence-electron chi connectivity index (χ0n) is 18.6. The summed E-state index contributed by atoms with van der Waals surface area (Å²) >= 11 is 7.08. The molecule has 1 atom stereocenters. The lowest BCUT2D eigenvalue weighted by Gasteiger charge is -2.29. The molecule has 0 saturated heterocycles. The van der Waals surface area contributed by atoms with Gasteiger partial charge < -0.3 is 15.8 Å². The fourth-order valence-electron chi connectivity index (χ4n) is 4.10. The molecular weight excluding hydrogens is 497 g/mol. The number of carbonyl (C=O) groups excluding carboxylic acids is 2. The minimum Gasteiger partial charge on any atom is -0.466 e. The predicted octanol–water partition coefficient (Wildman–Crippen LogP) is 5.66. The third kappa shape index (κ3) is 4.15. The van der Waals surface area contributed by atoms with Gasteiger partial charge in [-0.1, -0.05) is 42.8 Å². The number of nitro benzene ring substituents is 1. The number of anilines is 2. The summed E-state index contributed by atoms with van der Waals surface area (Å²) in [6, 6.07) is 9.74. The zero-order valence-corrected chi connectivity index (χ0v) is 20.1. The molecule has 0 unspecified atom stereocenters. The number of hydrogen-bond donors (Lipinski definition) is 2. The number of rotatable bonds is 6. The van der Waals surface area contributed by atoms with Crippen molar-refractivity contribution in [1.29, 1.82) is 0 Å². The number of halogens is 2. The first-order valence-electron chi connectivity index (χ1n) is 10.4. The number of hydrogen-bond acceptors (Lipinski definition) is 8. The largest absolute Gasteiger partial charge is 0.466 e. The lowest BCUT2D eigenvalue weighted by atomic mass is 9.81. The number of nitrogens with two attached hydrogens (primary N) is 1. The highest BCUT2D eigenvalue weighted by Gasteiger charge is 2.40. The minimum atomic E-state index is -0.991. The fourth-order valence-corrected chi connectivity index (χ4v) is 5.43. The van der Waals surface area contributed by atoms with Crippen LogP contribution in [0.15, 0.2) is 53.7 Å². The van der Waals surface area contributed by atoms with Crippen molar-refractivity contribution in [1.82, 2.24) is 0 Å². The normalized spacial score (nSPS) is 14.8. The van der Waals surface area contributed by atoms with Gasteiger partial charge in [0.1, 0.15) is 10.7 Å². The Hall–Kier alpha value is -3.76. The van der Waals surface area contributed by atoms with E-state index < -0.39 is 28.4 Å². The van der Waals surface area contributed by atoms with E-state index in [1.807, 2.05) is 6.92 Å². The van der Waals surface area contributed by atoms with Crippen molar-refractivity contribution in [2.45, 2.75) is 19.3 Å². The summed E-state index contributed by atoms with van der Waals surface area (Å²) in [7, 11) is 1.22. The average Bonchev–Trinajstić information content (AvgIpc) is 3.19. The second-order valence-corrected chi connectivity index (χ2v) is 9.09. The second-order valence-electron chi connectivity index (χ2n) is 7.66. The number of ketones is 1. The first kappa shape index (κ1) is 24.4. The molecule has 1 aliphatic rings. The number of ether oxygens (including phenoxy) is 1. The molecule has 0 saturated carbocycles. The Bertz CT molecular complexity index is 1420. The monoisotopic (exact) mass is 515 g/mol. The van der Waals surface area contributed by atoms with E-state index in [2.05, 4.69) is 5.32 Å². The molecule has 3 N–H and O–H groups in total. The van der Waals surface area contributed by atoms with Crippen LogP contribution in [0.1, 0.15) is 45.6 Å². The maximum atomic E-state index is 15.2. The molecule has 0 fully saturated rings. The first-order valence-corrected chi connectivity index (χ1v) is 11.6. The van der Waals surface area contributed by atoms with Crippen LogP contribution in [-0.4, -0.2) is 23.8 Å². The Kier molecular flexibility index (Phi) is 6.60. The van der Waals surface area contributed by atoms with Crippen LogP contribution in [0, 0.1) is 15.9 Å². The number of methoxy groups -OCH3 is 1. The summed E-state index contributed by atoms with van der Waals surface area (Å²) in [5.74, 6) is -2.92. The maximum absolute atomic E-state index is 15.2. The van der Waals surface area contributed by atoms with Gasteiger partial charge in [-0.25, -0.2) is 9.18 Å². The SMILES string of the molecule is CCC1=C(C(=O)OC)[C@H](c2cccc(Cl)c2F)c2c(sc(C(=O)c3cccc([N+](=O)[O-])c3)c2N)N1. The number of nitrogens with one attached hydrogen (secondary N) is 1. The average molecular weight is 516 g/mol. The molecule has 0 bridgehead atoms. The molecule has 11 heteroatoms. The highest BCUT2D eigenvalue weighted by atomic mass is 35.5. The molecule has 2 heterocycles. The van der Waals surface area contributed by atoms with Crippen LogP contribution in [0.4, 0.5) is 20.8 Å². The molecule has 1 aromatic heterocycles. The lowest BCUT2D eigenvalue weighted by Crippen LogP contribution is -2.25. The molecule has 4 rings (SSSR count). The van der Waals surface area contributed by atoms with Crippen molar-refractivity contribution >= 4 is 51.1 Å². The molecule has 0 radical (unpaired) electrons. The second kappa shape index (κ2) is 9.47. The van der Waals surface area contributed by atoms with Crippen LogP contribution in [0.2, 0.25) is 5.02 Å². The summed E-state index contributed by atoms with van der Waals surface area (Å²) in [6.45, 7) is 1.81. The van der Waals surface area contributed by atoms with Crippen molar-refractivity contribution in [2.75, 3.05) is 18.2 Å². The fraction of sp³-hybridized carbons (Fsp3) is 0.167. The van der Waals surface area contributed by atoms with Crippen molar-refractivity contribution in [3.8, 4) is 0 Å². The van der Waals surface area contributed by atoms with E-state index >= 15 is 4.39 Å². The minimum absolute atomic E-state index is 0.0370. The number of carbonyl (C=O) groups is 2. The van der Waals surface area contributed by atoms with E-state index in [1.54, 1.807) is 6.07 Å². The topological polar surface area (TPSA) is 125 Å². The summed E-state index contributed by atoms with van der Waals surface area (Å²) in [6.07, 6.45) is 0.383. The lowest BCUT2D eigenvalue weighted by molar-refractivity contribution is -0.384. The van der Waals surface area contributed by atoms with Gasteiger partial charge in [0.2, 0.25) is 5.78 Å². The smallest absolute Gasteiger partial charge is 0.336 e. The molecule has 2 aromatic carbocycles. The van der Waals surface area contributed by atoms with Crippen LogP contribution in [0.5, 0.6) is 0 Å². The number of non-ortho nitro benzene ring substituents is 1. The molecule has 3 aromatic rings. The van der Waals surface area contributed by atoms with Gasteiger partial charge in [-0.15, -0.1) is 11.3 Å². The van der Waals surface area contributed by atoms with E-state index in [9.17, 15) is 19.7 Å². The summed E-state index contributed by atoms with van der Waals surface area (Å²) in [4.78, 5) is 36.9. The molecular formula is C24H19ClFN3O5S. The quantitative estimate of drug-likeness (QED) is 0.188. The third-order valence-electron chi connectivity index (χ3n) is 5.73. The Morgan fingerprint density at radius 3 is 2.66 bits per heavy atom. The number of esters is 1. The van der Waals surface area contributed by atoms with Gasteiger partial charge in [-0.2, -0.15) is 0 Å². The Morgan fingerprint density at radius 1 is 1.29 bits per heavy atom. The summed E-state index contributed by atoms with van der Waals surface area (Å²) in [5, 5.41) is 14.6. The number of nitro groups is 1. The summed E-state index contributed by atoms with van der Waals surface area (Å²) < 4.78 is 20.2. The van der Waals surface area contributed by atoms with Gasteiger partial charge in [0.25, 0.3) is 5.69 Å². The van der Waals surface area contributed by atoms with E-state index in [0.717, 1.165) is 17.4 Å². The number of nitrogen functional groups attached to an aromatic ring is 1. The molecule has 1 aliphatic heterocycles. The highest BCUT2D eigenvalue weighted by molar-refractivity contribution is 7.19. The van der Waals surface area contributed by atoms with Crippen LogP contribution in [0.25, 0.3) is 0 Å². The Morgan fingerprint density at radius 2 is 2.00 bits per heavy atom.